The summed E-state index contributed by atoms with van der Waals surface area (Å²) in [6.45, 7) is 0.698. The lowest BCUT2D eigenvalue weighted by atomic mass is 10.2. The number of benzene rings is 1. The SMILES string of the molecule is COCCOc1c(Cl)cc(N)c(C#N)c1Cl. The van der Waals surface area contributed by atoms with Crippen LogP contribution in [0.4, 0.5) is 5.69 Å². The second kappa shape index (κ2) is 5.80. The first-order valence-electron chi connectivity index (χ1n) is 4.41. The minimum absolute atomic E-state index is 0.128. The number of methoxy groups -OCH3 is 1. The van der Waals surface area contributed by atoms with Crippen LogP contribution >= 0.6 is 23.2 Å². The minimum Gasteiger partial charge on any atom is -0.488 e. The zero-order valence-electron chi connectivity index (χ0n) is 8.59. The number of halogens is 2. The molecule has 0 saturated heterocycles. The summed E-state index contributed by atoms with van der Waals surface area (Å²) in [7, 11) is 1.55. The van der Waals surface area contributed by atoms with Crippen molar-refractivity contribution in [3.63, 3.8) is 0 Å². The zero-order chi connectivity index (χ0) is 12.1. The van der Waals surface area contributed by atoms with Crippen molar-refractivity contribution in [3.05, 3.63) is 21.7 Å². The third-order valence-corrected chi connectivity index (χ3v) is 2.49. The highest BCUT2D eigenvalue weighted by molar-refractivity contribution is 6.38. The van der Waals surface area contributed by atoms with Gasteiger partial charge in [-0.1, -0.05) is 23.2 Å². The molecule has 0 unspecified atom stereocenters. The van der Waals surface area contributed by atoms with E-state index >= 15 is 0 Å². The number of rotatable bonds is 4. The van der Waals surface area contributed by atoms with Crippen LogP contribution in [0.15, 0.2) is 6.07 Å². The molecule has 0 aliphatic heterocycles. The smallest absolute Gasteiger partial charge is 0.158 e. The lowest BCUT2D eigenvalue weighted by Crippen LogP contribution is -2.06. The number of anilines is 1. The first kappa shape index (κ1) is 12.9. The van der Waals surface area contributed by atoms with E-state index in [0.29, 0.717) is 13.2 Å². The summed E-state index contributed by atoms with van der Waals surface area (Å²) in [6.07, 6.45) is 0. The lowest BCUT2D eigenvalue weighted by Gasteiger charge is -2.11. The Bertz CT molecular complexity index is 430. The van der Waals surface area contributed by atoms with Gasteiger partial charge in [-0.3, -0.25) is 0 Å². The van der Waals surface area contributed by atoms with Crippen LogP contribution in [-0.4, -0.2) is 20.3 Å². The fourth-order valence-electron chi connectivity index (χ4n) is 1.09. The fraction of sp³-hybridized carbons (Fsp3) is 0.300. The fourth-order valence-corrected chi connectivity index (χ4v) is 1.72. The molecule has 1 aromatic rings. The van der Waals surface area contributed by atoms with Gasteiger partial charge in [-0.25, -0.2) is 0 Å². The van der Waals surface area contributed by atoms with E-state index in [2.05, 4.69) is 0 Å². The monoisotopic (exact) mass is 260 g/mol. The van der Waals surface area contributed by atoms with E-state index in [4.69, 9.17) is 43.7 Å². The Morgan fingerprint density at radius 2 is 2.12 bits per heavy atom. The van der Waals surface area contributed by atoms with Crippen molar-refractivity contribution in [1.82, 2.24) is 0 Å². The van der Waals surface area contributed by atoms with E-state index in [0.717, 1.165) is 0 Å². The van der Waals surface area contributed by atoms with Crippen LogP contribution in [0.2, 0.25) is 10.0 Å². The Morgan fingerprint density at radius 3 is 2.69 bits per heavy atom. The Morgan fingerprint density at radius 1 is 1.44 bits per heavy atom. The van der Waals surface area contributed by atoms with Gasteiger partial charge in [0.15, 0.2) is 5.75 Å². The van der Waals surface area contributed by atoms with Crippen molar-refractivity contribution in [3.8, 4) is 11.8 Å². The lowest BCUT2D eigenvalue weighted by molar-refractivity contribution is 0.146. The molecule has 0 heterocycles. The Labute approximate surface area is 103 Å². The van der Waals surface area contributed by atoms with E-state index < -0.39 is 0 Å². The first-order valence-corrected chi connectivity index (χ1v) is 5.16. The van der Waals surface area contributed by atoms with Gasteiger partial charge >= 0.3 is 0 Å². The van der Waals surface area contributed by atoms with E-state index in [-0.39, 0.29) is 27.0 Å². The molecule has 0 aromatic heterocycles. The topological polar surface area (TPSA) is 68.3 Å². The van der Waals surface area contributed by atoms with Gasteiger partial charge in [0, 0.05) is 7.11 Å². The quantitative estimate of drug-likeness (QED) is 0.667. The van der Waals surface area contributed by atoms with Crippen LogP contribution in [0.1, 0.15) is 5.56 Å². The summed E-state index contributed by atoms with van der Waals surface area (Å²) in [5.41, 5.74) is 5.98. The predicted octanol–water partition coefficient (Wildman–Crippen LogP) is 2.47. The van der Waals surface area contributed by atoms with Gasteiger partial charge in [0.05, 0.1) is 22.9 Å². The number of hydrogen-bond donors (Lipinski definition) is 1. The van der Waals surface area contributed by atoms with Crippen LogP contribution in [0.25, 0.3) is 0 Å². The number of nitrogen functional groups attached to an aromatic ring is 1. The van der Waals surface area contributed by atoms with Crippen molar-refractivity contribution in [1.29, 1.82) is 5.26 Å². The second-order valence-corrected chi connectivity index (χ2v) is 3.70. The molecule has 0 aliphatic rings. The normalized spacial score (nSPS) is 9.88. The van der Waals surface area contributed by atoms with Gasteiger partial charge in [0.1, 0.15) is 17.7 Å². The standard InChI is InChI=1S/C10H10Cl2N2O2/c1-15-2-3-16-10-7(11)4-8(14)6(5-13)9(10)12/h4H,2-3,14H2,1H3. The summed E-state index contributed by atoms with van der Waals surface area (Å²) >= 11 is 11.8. The predicted molar refractivity (Wildman–Crippen MR) is 63.0 cm³/mol. The van der Waals surface area contributed by atoms with Crippen LogP contribution in [0, 0.1) is 11.3 Å². The van der Waals surface area contributed by atoms with Gasteiger partial charge < -0.3 is 15.2 Å². The summed E-state index contributed by atoms with van der Waals surface area (Å²) < 4.78 is 10.1. The molecule has 0 aliphatic carbocycles. The highest BCUT2D eigenvalue weighted by Gasteiger charge is 2.15. The zero-order valence-corrected chi connectivity index (χ0v) is 10.1. The van der Waals surface area contributed by atoms with Crippen LogP contribution in [0.3, 0.4) is 0 Å². The van der Waals surface area contributed by atoms with E-state index in [9.17, 15) is 0 Å². The summed E-state index contributed by atoms with van der Waals surface area (Å²) in [5.74, 6) is 0.256. The molecular weight excluding hydrogens is 251 g/mol. The third-order valence-electron chi connectivity index (χ3n) is 1.85. The van der Waals surface area contributed by atoms with Gasteiger partial charge in [0.25, 0.3) is 0 Å². The van der Waals surface area contributed by atoms with Crippen molar-refractivity contribution >= 4 is 28.9 Å². The molecule has 0 fully saturated rings. The average Bonchev–Trinajstić information content (AvgIpc) is 2.23. The van der Waals surface area contributed by atoms with Crippen molar-refractivity contribution in [2.45, 2.75) is 0 Å². The summed E-state index contributed by atoms with van der Waals surface area (Å²) in [6, 6.07) is 3.33. The molecule has 6 heteroatoms. The Balaban J connectivity index is 3.04. The maximum Gasteiger partial charge on any atom is 0.158 e. The van der Waals surface area contributed by atoms with E-state index in [1.807, 2.05) is 6.07 Å². The van der Waals surface area contributed by atoms with Crippen LogP contribution in [0.5, 0.6) is 5.75 Å². The van der Waals surface area contributed by atoms with Crippen molar-refractivity contribution < 1.29 is 9.47 Å². The number of nitriles is 1. The van der Waals surface area contributed by atoms with Gasteiger partial charge in [0.2, 0.25) is 0 Å². The minimum atomic E-state index is 0.128. The maximum absolute atomic E-state index is 8.85. The van der Waals surface area contributed by atoms with Gasteiger partial charge in [-0.15, -0.1) is 0 Å². The molecular formula is C10H10Cl2N2O2. The number of ether oxygens (including phenoxy) is 2. The largest absolute Gasteiger partial charge is 0.488 e. The molecule has 1 rings (SSSR count). The third kappa shape index (κ3) is 2.70. The highest BCUT2D eigenvalue weighted by atomic mass is 35.5. The summed E-state index contributed by atoms with van der Waals surface area (Å²) in [5, 5.41) is 9.25. The molecule has 0 saturated carbocycles. The number of nitrogens with zero attached hydrogens (tertiary/aromatic N) is 1. The Kier molecular flexibility index (Phi) is 4.69. The molecule has 0 bridgehead atoms. The molecule has 0 radical (unpaired) electrons. The average molecular weight is 261 g/mol. The van der Waals surface area contributed by atoms with E-state index in [1.165, 1.54) is 6.07 Å². The summed E-state index contributed by atoms with van der Waals surface area (Å²) in [4.78, 5) is 0. The molecule has 2 N–H and O–H groups in total. The highest BCUT2D eigenvalue weighted by Crippen LogP contribution is 2.38. The molecule has 16 heavy (non-hydrogen) atoms. The molecule has 1 aromatic carbocycles. The first-order chi connectivity index (χ1) is 7.61. The van der Waals surface area contributed by atoms with Gasteiger partial charge in [-0.05, 0) is 6.07 Å². The van der Waals surface area contributed by atoms with Gasteiger partial charge in [-0.2, -0.15) is 5.26 Å². The molecule has 4 nitrogen and oxygen atoms in total. The molecule has 86 valence electrons. The number of hydrogen-bond acceptors (Lipinski definition) is 4. The van der Waals surface area contributed by atoms with E-state index in [1.54, 1.807) is 7.11 Å². The number of nitrogens with two attached hydrogens (primary N) is 1. The van der Waals surface area contributed by atoms with Crippen molar-refractivity contribution in [2.75, 3.05) is 26.1 Å². The van der Waals surface area contributed by atoms with Crippen LogP contribution < -0.4 is 10.5 Å². The maximum atomic E-state index is 8.85. The molecule has 0 spiro atoms. The van der Waals surface area contributed by atoms with Crippen LogP contribution in [-0.2, 0) is 4.74 Å². The Hall–Kier alpha value is -1.15. The molecule has 0 atom stereocenters. The van der Waals surface area contributed by atoms with Crippen molar-refractivity contribution in [2.24, 2.45) is 0 Å². The second-order valence-electron chi connectivity index (χ2n) is 2.92. The molecule has 0 amide bonds.